The zero-order valence-corrected chi connectivity index (χ0v) is 13.2. The van der Waals surface area contributed by atoms with E-state index >= 15 is 0 Å². The van der Waals surface area contributed by atoms with E-state index in [4.69, 9.17) is 33.0 Å². The van der Waals surface area contributed by atoms with Crippen molar-refractivity contribution in [2.45, 2.75) is 31.7 Å². The number of amides is 1. The standard InChI is InChI=1S/C13H12Cl2F3NO4/c1-6(23-9-4-2-3-7(14)10(9)15)11(20)19-8(12(21)22)5-13(16,17)18/h2-4,6,8H,5H2,1H3,(H,19,20)(H,21,22). The first-order valence-electron chi connectivity index (χ1n) is 6.22. The molecule has 2 unspecified atom stereocenters. The number of hydrogen-bond donors (Lipinski definition) is 2. The Morgan fingerprint density at radius 3 is 2.48 bits per heavy atom. The minimum Gasteiger partial charge on any atom is -0.480 e. The zero-order chi connectivity index (χ0) is 17.8. The number of benzene rings is 1. The number of ether oxygens (including phenoxy) is 1. The molecule has 0 aromatic heterocycles. The highest BCUT2D eigenvalue weighted by molar-refractivity contribution is 6.42. The molecule has 0 aliphatic heterocycles. The van der Waals surface area contributed by atoms with Gasteiger partial charge in [0, 0.05) is 0 Å². The third-order valence-corrected chi connectivity index (χ3v) is 3.44. The van der Waals surface area contributed by atoms with Gasteiger partial charge < -0.3 is 15.2 Å². The van der Waals surface area contributed by atoms with E-state index in [1.807, 2.05) is 0 Å². The van der Waals surface area contributed by atoms with Crippen LogP contribution in [-0.4, -0.2) is 35.3 Å². The van der Waals surface area contributed by atoms with Gasteiger partial charge in [-0.1, -0.05) is 29.3 Å². The van der Waals surface area contributed by atoms with Crippen LogP contribution in [0.1, 0.15) is 13.3 Å². The van der Waals surface area contributed by atoms with Crippen molar-refractivity contribution in [2.75, 3.05) is 0 Å². The van der Waals surface area contributed by atoms with Crippen molar-refractivity contribution in [3.05, 3.63) is 28.2 Å². The SMILES string of the molecule is CC(Oc1cccc(Cl)c1Cl)C(=O)NC(CC(F)(F)F)C(=O)O. The maximum Gasteiger partial charge on any atom is 0.391 e. The molecule has 0 radical (unpaired) electrons. The van der Waals surface area contributed by atoms with Crippen LogP contribution in [0, 0.1) is 0 Å². The first kappa shape index (κ1) is 19.4. The van der Waals surface area contributed by atoms with E-state index in [0.717, 1.165) is 0 Å². The molecule has 1 aromatic rings. The van der Waals surface area contributed by atoms with Gasteiger partial charge in [-0.25, -0.2) is 4.79 Å². The van der Waals surface area contributed by atoms with Crippen molar-refractivity contribution in [3.8, 4) is 5.75 Å². The molecular weight excluding hydrogens is 362 g/mol. The second-order valence-electron chi connectivity index (χ2n) is 4.53. The van der Waals surface area contributed by atoms with Gasteiger partial charge in [-0.2, -0.15) is 13.2 Å². The maximum absolute atomic E-state index is 12.3. The second kappa shape index (κ2) is 7.74. The van der Waals surface area contributed by atoms with Crippen LogP contribution in [-0.2, 0) is 9.59 Å². The molecule has 1 amide bonds. The third-order valence-electron chi connectivity index (χ3n) is 2.64. The molecule has 23 heavy (non-hydrogen) atoms. The lowest BCUT2D eigenvalue weighted by Crippen LogP contribution is -2.48. The van der Waals surface area contributed by atoms with E-state index in [2.05, 4.69) is 0 Å². The van der Waals surface area contributed by atoms with Crippen LogP contribution in [0.3, 0.4) is 0 Å². The molecule has 2 atom stereocenters. The first-order chi connectivity index (χ1) is 10.5. The minimum absolute atomic E-state index is 0.0268. The van der Waals surface area contributed by atoms with Crippen LogP contribution >= 0.6 is 23.2 Å². The quantitative estimate of drug-likeness (QED) is 0.802. The van der Waals surface area contributed by atoms with Crippen molar-refractivity contribution < 1.29 is 32.6 Å². The van der Waals surface area contributed by atoms with Crippen LogP contribution < -0.4 is 10.1 Å². The smallest absolute Gasteiger partial charge is 0.391 e. The van der Waals surface area contributed by atoms with Crippen molar-refractivity contribution in [1.82, 2.24) is 5.32 Å². The van der Waals surface area contributed by atoms with Gasteiger partial charge in [0.15, 0.2) is 6.10 Å². The van der Waals surface area contributed by atoms with Crippen molar-refractivity contribution in [1.29, 1.82) is 0 Å². The maximum atomic E-state index is 12.3. The van der Waals surface area contributed by atoms with Gasteiger partial charge in [0.05, 0.1) is 11.4 Å². The highest BCUT2D eigenvalue weighted by Gasteiger charge is 2.37. The van der Waals surface area contributed by atoms with Crippen LogP contribution in [0.15, 0.2) is 18.2 Å². The lowest BCUT2D eigenvalue weighted by molar-refractivity contribution is -0.160. The van der Waals surface area contributed by atoms with E-state index in [1.165, 1.54) is 25.1 Å². The van der Waals surface area contributed by atoms with Gasteiger partial charge >= 0.3 is 12.1 Å². The van der Waals surface area contributed by atoms with Crippen molar-refractivity contribution >= 4 is 35.1 Å². The highest BCUT2D eigenvalue weighted by Crippen LogP contribution is 2.32. The molecular formula is C13H12Cl2F3NO4. The van der Waals surface area contributed by atoms with E-state index in [-0.39, 0.29) is 15.8 Å². The molecule has 1 aromatic carbocycles. The van der Waals surface area contributed by atoms with Crippen LogP contribution in [0.4, 0.5) is 13.2 Å². The number of aliphatic carboxylic acids is 1. The minimum atomic E-state index is -4.74. The summed E-state index contributed by atoms with van der Waals surface area (Å²) in [6.45, 7) is 1.24. The average molecular weight is 374 g/mol. The lowest BCUT2D eigenvalue weighted by Gasteiger charge is -2.20. The van der Waals surface area contributed by atoms with Crippen molar-refractivity contribution in [3.63, 3.8) is 0 Å². The summed E-state index contributed by atoms with van der Waals surface area (Å²) in [5.41, 5.74) is 0. The number of carbonyl (C=O) groups is 2. The normalized spacial score (nSPS) is 14.0. The van der Waals surface area contributed by atoms with Crippen molar-refractivity contribution in [2.24, 2.45) is 0 Å². The summed E-state index contributed by atoms with van der Waals surface area (Å²) >= 11 is 11.6. The monoisotopic (exact) mass is 373 g/mol. The summed E-state index contributed by atoms with van der Waals surface area (Å²) in [5.74, 6) is -2.79. The third kappa shape index (κ3) is 6.15. The van der Waals surface area contributed by atoms with Gasteiger partial charge in [0.1, 0.15) is 16.8 Å². The molecule has 0 heterocycles. The Morgan fingerprint density at radius 1 is 1.35 bits per heavy atom. The van der Waals surface area contributed by atoms with Gasteiger partial charge in [-0.05, 0) is 19.1 Å². The average Bonchev–Trinajstić information content (AvgIpc) is 2.41. The van der Waals surface area contributed by atoms with Gasteiger partial charge in [-0.3, -0.25) is 4.79 Å². The fourth-order valence-electron chi connectivity index (χ4n) is 1.54. The number of carboxylic acids is 1. The van der Waals surface area contributed by atoms with E-state index in [0.29, 0.717) is 0 Å². The molecule has 5 nitrogen and oxygen atoms in total. The highest BCUT2D eigenvalue weighted by atomic mass is 35.5. The predicted octanol–water partition coefficient (Wildman–Crippen LogP) is 3.28. The number of nitrogens with one attached hydrogen (secondary N) is 1. The summed E-state index contributed by atoms with van der Waals surface area (Å²) in [4.78, 5) is 22.6. The molecule has 0 aliphatic carbocycles. The Hall–Kier alpha value is -1.67. The number of rotatable bonds is 6. The Labute approximate surface area is 139 Å². The number of hydrogen-bond acceptors (Lipinski definition) is 3. The molecule has 0 fully saturated rings. The van der Waals surface area contributed by atoms with Gasteiger partial charge in [0.2, 0.25) is 0 Å². The zero-order valence-electron chi connectivity index (χ0n) is 11.7. The summed E-state index contributed by atoms with van der Waals surface area (Å²) in [6, 6.07) is 2.27. The molecule has 0 bridgehead atoms. The van der Waals surface area contributed by atoms with E-state index in [1.54, 1.807) is 5.32 Å². The molecule has 10 heteroatoms. The number of halogens is 5. The summed E-state index contributed by atoms with van der Waals surface area (Å²) in [5, 5.41) is 10.7. The predicted molar refractivity (Wildman–Crippen MR) is 76.8 cm³/mol. The molecule has 0 aliphatic rings. The Kier molecular flexibility index (Phi) is 6.52. The fourth-order valence-corrected chi connectivity index (χ4v) is 1.88. The van der Waals surface area contributed by atoms with Gasteiger partial charge in [0.25, 0.3) is 5.91 Å². The van der Waals surface area contributed by atoms with Crippen LogP contribution in [0.25, 0.3) is 0 Å². The van der Waals surface area contributed by atoms with E-state index < -0.39 is 36.6 Å². The Balaban J connectivity index is 2.75. The number of alkyl halides is 3. The van der Waals surface area contributed by atoms with Crippen LogP contribution in [0.5, 0.6) is 5.75 Å². The fraction of sp³-hybridized carbons (Fsp3) is 0.385. The number of carbonyl (C=O) groups excluding carboxylic acids is 1. The summed E-state index contributed by atoms with van der Waals surface area (Å²) in [7, 11) is 0. The summed E-state index contributed by atoms with van der Waals surface area (Å²) < 4.78 is 42.0. The topological polar surface area (TPSA) is 75.6 Å². The Bertz CT molecular complexity index is 595. The first-order valence-corrected chi connectivity index (χ1v) is 6.97. The van der Waals surface area contributed by atoms with Gasteiger partial charge in [-0.15, -0.1) is 0 Å². The molecule has 0 saturated heterocycles. The second-order valence-corrected chi connectivity index (χ2v) is 5.32. The molecule has 128 valence electrons. The van der Waals surface area contributed by atoms with E-state index in [9.17, 15) is 22.8 Å². The Morgan fingerprint density at radius 2 is 1.96 bits per heavy atom. The molecule has 0 saturated carbocycles. The largest absolute Gasteiger partial charge is 0.480 e. The molecule has 1 rings (SSSR count). The lowest BCUT2D eigenvalue weighted by atomic mass is 10.2. The number of carboxylic acid groups (broad SMARTS) is 1. The van der Waals surface area contributed by atoms with Crippen LogP contribution in [0.2, 0.25) is 10.0 Å². The summed E-state index contributed by atoms with van der Waals surface area (Å²) in [6.07, 6.45) is -7.71. The molecule has 2 N–H and O–H groups in total. The molecule has 0 spiro atoms.